The first kappa shape index (κ1) is 10.2. The van der Waals surface area contributed by atoms with Crippen LogP contribution in [0.15, 0.2) is 10.9 Å². The van der Waals surface area contributed by atoms with Gasteiger partial charge in [0.25, 0.3) is 0 Å². The van der Waals surface area contributed by atoms with E-state index in [-0.39, 0.29) is 0 Å². The summed E-state index contributed by atoms with van der Waals surface area (Å²) in [7, 11) is 0. The van der Waals surface area contributed by atoms with Crippen molar-refractivity contribution in [3.8, 4) is 0 Å². The highest BCUT2D eigenvalue weighted by atomic mass is 16.5. The molecule has 2 heterocycles. The Kier molecular flexibility index (Phi) is 2.65. The van der Waals surface area contributed by atoms with Crippen molar-refractivity contribution in [3.05, 3.63) is 12.2 Å². The zero-order valence-electron chi connectivity index (χ0n) is 9.59. The lowest BCUT2D eigenvalue weighted by molar-refractivity contribution is 0.121. The third kappa shape index (κ3) is 2.10. The van der Waals surface area contributed by atoms with E-state index in [9.17, 15) is 0 Å². The lowest BCUT2D eigenvalue weighted by Gasteiger charge is -2.38. The fraction of sp³-hybridized carbons (Fsp3) is 0.818. The molecule has 1 saturated heterocycles. The van der Waals surface area contributed by atoms with Crippen molar-refractivity contribution in [2.24, 2.45) is 5.92 Å². The van der Waals surface area contributed by atoms with Crippen molar-refractivity contribution in [2.75, 3.05) is 13.1 Å². The molecule has 5 heteroatoms. The lowest BCUT2D eigenvalue weighted by atomic mass is 10.1. The van der Waals surface area contributed by atoms with Crippen LogP contribution in [0.4, 0.5) is 0 Å². The zero-order chi connectivity index (χ0) is 11.0. The number of piperazine rings is 1. The molecule has 1 saturated carbocycles. The van der Waals surface area contributed by atoms with E-state index in [0.717, 1.165) is 31.4 Å². The molecule has 0 spiro atoms. The lowest BCUT2D eigenvalue weighted by Crippen LogP contribution is -2.55. The summed E-state index contributed by atoms with van der Waals surface area (Å²) in [6.07, 6.45) is 4.19. The van der Waals surface area contributed by atoms with Gasteiger partial charge < -0.3 is 9.84 Å². The van der Waals surface area contributed by atoms with Crippen LogP contribution >= 0.6 is 0 Å². The topological polar surface area (TPSA) is 54.2 Å². The van der Waals surface area contributed by atoms with Crippen LogP contribution in [-0.2, 0) is 6.54 Å². The van der Waals surface area contributed by atoms with Crippen molar-refractivity contribution in [2.45, 2.75) is 38.4 Å². The van der Waals surface area contributed by atoms with Crippen LogP contribution in [0.25, 0.3) is 0 Å². The Hall–Kier alpha value is -0.940. The molecule has 1 aliphatic carbocycles. The summed E-state index contributed by atoms with van der Waals surface area (Å²) in [4.78, 5) is 6.54. The molecular formula is C11H18N4O. The van der Waals surface area contributed by atoms with E-state index in [1.807, 2.05) is 0 Å². The number of rotatable bonds is 3. The van der Waals surface area contributed by atoms with Gasteiger partial charge in [-0.15, -0.1) is 0 Å². The minimum absolute atomic E-state index is 0.550. The molecule has 0 aromatic carbocycles. The zero-order valence-corrected chi connectivity index (χ0v) is 9.59. The Balaban J connectivity index is 1.62. The molecule has 2 fully saturated rings. The van der Waals surface area contributed by atoms with Crippen molar-refractivity contribution in [1.82, 2.24) is 20.4 Å². The predicted octanol–water partition coefficient (Wildman–Crippen LogP) is 0.642. The molecule has 0 radical (unpaired) electrons. The first-order valence-corrected chi connectivity index (χ1v) is 6.05. The third-order valence-electron chi connectivity index (χ3n) is 3.67. The average Bonchev–Trinajstić information content (AvgIpc) is 3.01. The van der Waals surface area contributed by atoms with E-state index in [4.69, 9.17) is 4.52 Å². The SMILES string of the molecule is CC1CNC(C2CC2)CN1Cc1ncon1. The van der Waals surface area contributed by atoms with Gasteiger partial charge in [-0.05, 0) is 25.7 Å². The van der Waals surface area contributed by atoms with Gasteiger partial charge in [0.2, 0.25) is 6.39 Å². The van der Waals surface area contributed by atoms with Gasteiger partial charge in [-0.1, -0.05) is 5.16 Å². The summed E-state index contributed by atoms with van der Waals surface area (Å²) in [5, 5.41) is 7.52. The first-order valence-electron chi connectivity index (χ1n) is 6.05. The smallest absolute Gasteiger partial charge is 0.213 e. The fourth-order valence-electron chi connectivity index (χ4n) is 2.43. The summed E-state index contributed by atoms with van der Waals surface area (Å²) < 4.78 is 4.77. The number of nitrogens with zero attached hydrogens (tertiary/aromatic N) is 3. The van der Waals surface area contributed by atoms with Gasteiger partial charge in [0, 0.05) is 25.2 Å². The molecule has 2 atom stereocenters. The molecule has 1 aromatic rings. The van der Waals surface area contributed by atoms with Gasteiger partial charge in [0.05, 0.1) is 6.54 Å². The number of nitrogens with one attached hydrogen (secondary N) is 1. The van der Waals surface area contributed by atoms with E-state index in [1.54, 1.807) is 0 Å². The largest absolute Gasteiger partial charge is 0.343 e. The van der Waals surface area contributed by atoms with Crippen LogP contribution in [0.1, 0.15) is 25.6 Å². The second-order valence-corrected chi connectivity index (χ2v) is 4.98. The summed E-state index contributed by atoms with van der Waals surface area (Å²) in [5.41, 5.74) is 0. The van der Waals surface area contributed by atoms with Gasteiger partial charge in [0.15, 0.2) is 5.82 Å². The van der Waals surface area contributed by atoms with Crippen LogP contribution in [0, 0.1) is 5.92 Å². The number of hydrogen-bond acceptors (Lipinski definition) is 5. The van der Waals surface area contributed by atoms with Crippen LogP contribution < -0.4 is 5.32 Å². The number of aromatic nitrogens is 2. The molecule has 0 amide bonds. The van der Waals surface area contributed by atoms with Crippen molar-refractivity contribution < 1.29 is 4.52 Å². The first-order chi connectivity index (χ1) is 7.83. The van der Waals surface area contributed by atoms with Gasteiger partial charge in [-0.25, -0.2) is 0 Å². The van der Waals surface area contributed by atoms with Crippen LogP contribution in [-0.4, -0.2) is 40.2 Å². The van der Waals surface area contributed by atoms with E-state index >= 15 is 0 Å². The molecule has 16 heavy (non-hydrogen) atoms. The molecule has 1 aliphatic heterocycles. The summed E-state index contributed by atoms with van der Waals surface area (Å²) in [5.74, 6) is 1.70. The highest BCUT2D eigenvalue weighted by Crippen LogP contribution is 2.34. The minimum Gasteiger partial charge on any atom is -0.343 e. The summed E-state index contributed by atoms with van der Waals surface area (Å²) in [6.45, 7) is 5.23. The molecule has 0 bridgehead atoms. The van der Waals surface area contributed by atoms with E-state index in [2.05, 4.69) is 27.3 Å². The average molecular weight is 222 g/mol. The van der Waals surface area contributed by atoms with Crippen molar-refractivity contribution in [3.63, 3.8) is 0 Å². The third-order valence-corrected chi connectivity index (χ3v) is 3.67. The maximum Gasteiger partial charge on any atom is 0.213 e. The minimum atomic E-state index is 0.550. The maximum atomic E-state index is 4.77. The molecule has 1 aromatic heterocycles. The number of hydrogen-bond donors (Lipinski definition) is 1. The molecule has 2 unspecified atom stereocenters. The predicted molar refractivity (Wildman–Crippen MR) is 58.7 cm³/mol. The molecule has 2 aliphatic rings. The Bertz CT molecular complexity index is 336. The maximum absolute atomic E-state index is 4.77. The van der Waals surface area contributed by atoms with Gasteiger partial charge >= 0.3 is 0 Å². The van der Waals surface area contributed by atoms with Crippen LogP contribution in [0.2, 0.25) is 0 Å². The van der Waals surface area contributed by atoms with Crippen LogP contribution in [0.5, 0.6) is 0 Å². The molecule has 5 nitrogen and oxygen atoms in total. The standard InChI is InChI=1S/C11H18N4O/c1-8-4-12-10(9-2-3-9)5-15(8)6-11-13-7-16-14-11/h7-10,12H,2-6H2,1H3. The Labute approximate surface area is 95.2 Å². The van der Waals surface area contributed by atoms with Crippen molar-refractivity contribution in [1.29, 1.82) is 0 Å². The van der Waals surface area contributed by atoms with Gasteiger partial charge in [-0.3, -0.25) is 4.90 Å². The normalized spacial score (nSPS) is 31.8. The Morgan fingerprint density at radius 2 is 2.44 bits per heavy atom. The second-order valence-electron chi connectivity index (χ2n) is 4.98. The van der Waals surface area contributed by atoms with Gasteiger partial charge in [0.1, 0.15) is 0 Å². The summed E-state index contributed by atoms with van der Waals surface area (Å²) >= 11 is 0. The Morgan fingerprint density at radius 3 is 3.12 bits per heavy atom. The molecule has 1 N–H and O–H groups in total. The summed E-state index contributed by atoms with van der Waals surface area (Å²) in [6, 6.07) is 1.22. The monoisotopic (exact) mass is 222 g/mol. The molecular weight excluding hydrogens is 204 g/mol. The highest BCUT2D eigenvalue weighted by molar-refractivity contribution is 4.94. The second kappa shape index (κ2) is 4.14. The van der Waals surface area contributed by atoms with E-state index < -0.39 is 0 Å². The fourth-order valence-corrected chi connectivity index (χ4v) is 2.43. The highest BCUT2D eigenvalue weighted by Gasteiger charge is 2.36. The molecule has 88 valence electrons. The Morgan fingerprint density at radius 1 is 1.56 bits per heavy atom. The van der Waals surface area contributed by atoms with Gasteiger partial charge in [-0.2, -0.15) is 4.98 Å². The van der Waals surface area contributed by atoms with E-state index in [0.29, 0.717) is 12.1 Å². The van der Waals surface area contributed by atoms with E-state index in [1.165, 1.54) is 19.2 Å². The van der Waals surface area contributed by atoms with Crippen LogP contribution in [0.3, 0.4) is 0 Å². The molecule has 3 rings (SSSR count). The van der Waals surface area contributed by atoms with Crippen molar-refractivity contribution >= 4 is 0 Å². The quantitative estimate of drug-likeness (QED) is 0.813.